The Balaban J connectivity index is 1.32. The van der Waals surface area contributed by atoms with Gasteiger partial charge in [-0.1, -0.05) is 18.2 Å². The Morgan fingerprint density at radius 3 is 2.67 bits per heavy atom. The first-order valence-corrected chi connectivity index (χ1v) is 8.90. The zero-order valence-corrected chi connectivity index (χ0v) is 13.5. The molecular weight excluding hydrogens is 304 g/mol. The summed E-state index contributed by atoms with van der Waals surface area (Å²) in [4.78, 5) is 18.2. The van der Waals surface area contributed by atoms with Crippen LogP contribution in [0.4, 0.5) is 0 Å². The van der Waals surface area contributed by atoms with E-state index >= 15 is 0 Å². The number of H-pyrrole nitrogens is 1. The molecule has 5 unspecified atom stereocenters. The molecule has 5 heterocycles. The van der Waals surface area contributed by atoms with Gasteiger partial charge in [0, 0.05) is 48.6 Å². The fourth-order valence-electron chi connectivity index (χ4n) is 5.06. The number of aliphatic hydroxyl groups excluding tert-OH is 1. The number of nitrogens with zero attached hydrogens (tertiary/aromatic N) is 1. The lowest BCUT2D eigenvalue weighted by atomic mass is 9.71. The Morgan fingerprint density at radius 1 is 1.17 bits per heavy atom. The molecule has 4 aliphatic rings. The highest BCUT2D eigenvalue weighted by Crippen LogP contribution is 2.43. The maximum absolute atomic E-state index is 12.6. The summed E-state index contributed by atoms with van der Waals surface area (Å²) in [7, 11) is 0. The molecule has 1 aromatic carbocycles. The summed E-state index contributed by atoms with van der Waals surface area (Å²) in [5.41, 5.74) is 1.58. The average Bonchev–Trinajstić information content (AvgIpc) is 2.99. The van der Waals surface area contributed by atoms with Gasteiger partial charge in [0.15, 0.2) is 0 Å². The Morgan fingerprint density at radius 2 is 1.92 bits per heavy atom. The van der Waals surface area contributed by atoms with Gasteiger partial charge < -0.3 is 14.8 Å². The minimum Gasteiger partial charge on any atom is -0.459 e. The van der Waals surface area contributed by atoms with Crippen LogP contribution in [0.3, 0.4) is 0 Å². The van der Waals surface area contributed by atoms with Crippen molar-refractivity contribution >= 4 is 16.9 Å². The zero-order chi connectivity index (χ0) is 16.3. The van der Waals surface area contributed by atoms with Crippen LogP contribution in [0.2, 0.25) is 0 Å². The van der Waals surface area contributed by atoms with Crippen molar-refractivity contribution in [3.8, 4) is 0 Å². The number of hydrogen-bond donors (Lipinski definition) is 2. The summed E-state index contributed by atoms with van der Waals surface area (Å²) in [6.45, 7) is 0.795. The van der Waals surface area contributed by atoms with Crippen LogP contribution in [0.1, 0.15) is 36.0 Å². The van der Waals surface area contributed by atoms with Crippen molar-refractivity contribution < 1.29 is 14.6 Å². The molecule has 2 N–H and O–H groups in total. The van der Waals surface area contributed by atoms with E-state index in [0.29, 0.717) is 23.6 Å². The molecule has 1 aromatic heterocycles. The molecule has 4 fully saturated rings. The SMILES string of the molecule is O=C(OC1CC2CC3C[C@H](C1)N2CC3O)c1c[nH]c2ccccc12. The highest BCUT2D eigenvalue weighted by Gasteiger charge is 2.49. The number of piperidine rings is 4. The second kappa shape index (κ2) is 5.33. The fraction of sp³-hybridized carbons (Fsp3) is 0.526. The molecule has 0 spiro atoms. The van der Waals surface area contributed by atoms with Crippen molar-refractivity contribution in [2.24, 2.45) is 5.92 Å². The highest BCUT2D eigenvalue weighted by atomic mass is 16.5. The first kappa shape index (κ1) is 14.5. The topological polar surface area (TPSA) is 65.6 Å². The molecule has 5 nitrogen and oxygen atoms in total. The summed E-state index contributed by atoms with van der Waals surface area (Å²) in [6, 6.07) is 8.73. The largest absolute Gasteiger partial charge is 0.459 e. The molecule has 0 saturated carbocycles. The Labute approximate surface area is 140 Å². The predicted octanol–water partition coefficient (Wildman–Crippen LogP) is 2.31. The van der Waals surface area contributed by atoms with Gasteiger partial charge in [-0.3, -0.25) is 4.90 Å². The van der Waals surface area contributed by atoms with Crippen LogP contribution < -0.4 is 0 Å². The number of benzene rings is 1. The molecule has 2 aromatic rings. The van der Waals surface area contributed by atoms with Gasteiger partial charge in [0.1, 0.15) is 6.10 Å². The van der Waals surface area contributed by atoms with E-state index in [4.69, 9.17) is 4.74 Å². The van der Waals surface area contributed by atoms with E-state index in [1.54, 1.807) is 6.20 Å². The third kappa shape index (κ3) is 2.19. The summed E-state index contributed by atoms with van der Waals surface area (Å²) >= 11 is 0. The van der Waals surface area contributed by atoms with E-state index in [-0.39, 0.29) is 18.2 Å². The summed E-state index contributed by atoms with van der Waals surface area (Å²) in [5.74, 6) is 0.216. The van der Waals surface area contributed by atoms with Crippen LogP contribution >= 0.6 is 0 Å². The fourth-order valence-corrected chi connectivity index (χ4v) is 5.06. The van der Waals surface area contributed by atoms with Crippen molar-refractivity contribution in [1.82, 2.24) is 9.88 Å². The second-order valence-electron chi connectivity index (χ2n) is 7.55. The lowest BCUT2D eigenvalue weighted by molar-refractivity contribution is -0.130. The van der Waals surface area contributed by atoms with E-state index in [2.05, 4.69) is 9.88 Å². The number of para-hydroxylation sites is 1. The number of aliphatic hydroxyl groups is 1. The summed E-state index contributed by atoms with van der Waals surface area (Å²) in [5, 5.41) is 11.0. The lowest BCUT2D eigenvalue weighted by Crippen LogP contribution is -2.64. The number of ether oxygens (including phenoxy) is 1. The summed E-state index contributed by atoms with van der Waals surface area (Å²) in [6.07, 6.45) is 5.45. The lowest BCUT2D eigenvalue weighted by Gasteiger charge is -2.56. The van der Waals surface area contributed by atoms with Crippen LogP contribution in [-0.4, -0.2) is 51.8 Å². The number of fused-ring (bicyclic) bond motifs is 2. The van der Waals surface area contributed by atoms with Gasteiger partial charge in [0.2, 0.25) is 0 Å². The molecule has 4 saturated heterocycles. The van der Waals surface area contributed by atoms with E-state index < -0.39 is 0 Å². The van der Waals surface area contributed by atoms with Crippen molar-refractivity contribution in [2.75, 3.05) is 6.54 Å². The van der Waals surface area contributed by atoms with Crippen molar-refractivity contribution in [1.29, 1.82) is 0 Å². The normalized spacial score (nSPS) is 37.5. The number of aromatic nitrogens is 1. The monoisotopic (exact) mass is 326 g/mol. The minimum absolute atomic E-state index is 0.00592. The number of hydrogen-bond acceptors (Lipinski definition) is 4. The minimum atomic E-state index is -0.224. The van der Waals surface area contributed by atoms with E-state index in [1.807, 2.05) is 24.3 Å². The Hall–Kier alpha value is -1.85. The molecule has 4 bridgehead atoms. The third-order valence-electron chi connectivity index (χ3n) is 6.18. The van der Waals surface area contributed by atoms with Gasteiger partial charge in [-0.2, -0.15) is 0 Å². The van der Waals surface area contributed by atoms with E-state index in [0.717, 1.165) is 43.1 Å². The molecule has 0 aliphatic carbocycles. The van der Waals surface area contributed by atoms with Gasteiger partial charge in [0.25, 0.3) is 0 Å². The molecule has 24 heavy (non-hydrogen) atoms. The number of rotatable bonds is 2. The number of carbonyl (C=O) groups excluding carboxylic acids is 1. The van der Waals surface area contributed by atoms with Crippen LogP contribution in [-0.2, 0) is 4.74 Å². The van der Waals surface area contributed by atoms with E-state index in [9.17, 15) is 9.90 Å². The third-order valence-corrected chi connectivity index (χ3v) is 6.18. The number of esters is 1. The van der Waals surface area contributed by atoms with Crippen LogP contribution in [0.5, 0.6) is 0 Å². The van der Waals surface area contributed by atoms with Crippen LogP contribution in [0.25, 0.3) is 10.9 Å². The number of aromatic amines is 1. The van der Waals surface area contributed by atoms with E-state index in [1.165, 1.54) is 0 Å². The number of nitrogens with one attached hydrogen (secondary N) is 1. The van der Waals surface area contributed by atoms with Gasteiger partial charge in [-0.05, 0) is 24.8 Å². The molecule has 4 aliphatic heterocycles. The molecule has 6 rings (SSSR count). The van der Waals surface area contributed by atoms with Crippen LogP contribution in [0, 0.1) is 5.92 Å². The van der Waals surface area contributed by atoms with Gasteiger partial charge in [-0.25, -0.2) is 4.79 Å². The summed E-state index contributed by atoms with van der Waals surface area (Å²) < 4.78 is 5.87. The molecule has 0 radical (unpaired) electrons. The first-order chi connectivity index (χ1) is 11.7. The van der Waals surface area contributed by atoms with Crippen molar-refractivity contribution in [3.63, 3.8) is 0 Å². The molecule has 6 atom stereocenters. The quantitative estimate of drug-likeness (QED) is 0.831. The number of carbonyl (C=O) groups is 1. The molecule has 0 amide bonds. The molecular formula is C19H22N2O3. The molecule has 5 heteroatoms. The average molecular weight is 326 g/mol. The maximum atomic E-state index is 12.6. The Kier molecular flexibility index (Phi) is 3.22. The predicted molar refractivity (Wildman–Crippen MR) is 89.7 cm³/mol. The van der Waals surface area contributed by atoms with Gasteiger partial charge >= 0.3 is 5.97 Å². The second-order valence-corrected chi connectivity index (χ2v) is 7.55. The van der Waals surface area contributed by atoms with Crippen molar-refractivity contribution in [2.45, 2.75) is 50.0 Å². The zero-order valence-electron chi connectivity index (χ0n) is 13.5. The van der Waals surface area contributed by atoms with Crippen molar-refractivity contribution in [3.05, 3.63) is 36.0 Å². The standard InChI is InChI=1S/C19H22N2O3/c22-18-10-21-12-5-11(18)6-13(21)8-14(7-12)24-19(23)16-9-20-17-4-2-1-3-15(16)17/h1-4,9,11-14,18,20,22H,5-8,10H2/t11?,12-,13?,14?,18?/m1/s1. The van der Waals surface area contributed by atoms with Gasteiger partial charge in [0.05, 0.1) is 11.7 Å². The smallest absolute Gasteiger partial charge is 0.340 e. The Bertz CT molecular complexity index is 770. The van der Waals surface area contributed by atoms with Gasteiger partial charge in [-0.15, -0.1) is 0 Å². The maximum Gasteiger partial charge on any atom is 0.340 e. The van der Waals surface area contributed by atoms with Crippen LogP contribution in [0.15, 0.2) is 30.5 Å². The first-order valence-electron chi connectivity index (χ1n) is 8.90. The highest BCUT2D eigenvalue weighted by molar-refractivity contribution is 6.04. The molecule has 126 valence electrons.